The smallest absolute Gasteiger partial charge is 0.243 e. The lowest BCUT2D eigenvalue weighted by atomic mass is 10.2. The molecule has 5 nitrogen and oxygen atoms in total. The molecule has 0 aromatic heterocycles. The van der Waals surface area contributed by atoms with Crippen LogP contribution in [0.1, 0.15) is 5.56 Å². The lowest BCUT2D eigenvalue weighted by Gasteiger charge is -2.07. The Hall–Kier alpha value is -1.40. The van der Waals surface area contributed by atoms with Crippen molar-refractivity contribution in [2.24, 2.45) is 5.73 Å². The molecule has 0 unspecified atom stereocenters. The summed E-state index contributed by atoms with van der Waals surface area (Å²) in [4.78, 5) is 22.3. The number of nitrogens with two attached hydrogens (primary N) is 1. The van der Waals surface area contributed by atoms with Crippen molar-refractivity contribution in [3.05, 3.63) is 28.2 Å². The van der Waals surface area contributed by atoms with E-state index >= 15 is 0 Å². The number of carbonyl (C=O) groups excluding carboxylic acids is 2. The van der Waals surface area contributed by atoms with E-state index in [0.717, 1.165) is 10.0 Å². The molecule has 6 heteroatoms. The molecule has 0 atom stereocenters. The molecule has 0 aliphatic rings. The van der Waals surface area contributed by atoms with Crippen LogP contribution in [0.4, 0.5) is 5.69 Å². The molecule has 92 valence electrons. The number of aryl methyl sites for hydroxylation is 1. The van der Waals surface area contributed by atoms with E-state index in [2.05, 4.69) is 26.6 Å². The highest BCUT2D eigenvalue weighted by Gasteiger charge is 2.05. The van der Waals surface area contributed by atoms with Crippen LogP contribution in [0.3, 0.4) is 0 Å². The Kier molecular flexibility index (Phi) is 5.11. The number of halogens is 1. The number of nitrogens with one attached hydrogen (secondary N) is 2. The fourth-order valence-electron chi connectivity index (χ4n) is 1.26. The van der Waals surface area contributed by atoms with Crippen molar-refractivity contribution >= 4 is 33.4 Å². The summed E-state index contributed by atoms with van der Waals surface area (Å²) in [6.45, 7) is 1.72. The number of benzene rings is 1. The lowest BCUT2D eigenvalue weighted by Crippen LogP contribution is -2.36. The third-order valence-electron chi connectivity index (χ3n) is 1.96. The topological polar surface area (TPSA) is 84.2 Å². The molecule has 1 aromatic rings. The fourth-order valence-corrected chi connectivity index (χ4v) is 1.87. The average Bonchev–Trinajstić information content (AvgIpc) is 2.24. The monoisotopic (exact) mass is 299 g/mol. The van der Waals surface area contributed by atoms with Crippen molar-refractivity contribution in [2.45, 2.75) is 6.92 Å². The molecule has 4 N–H and O–H groups in total. The molecule has 0 bridgehead atoms. The van der Waals surface area contributed by atoms with Crippen molar-refractivity contribution in [2.75, 3.05) is 18.4 Å². The van der Waals surface area contributed by atoms with E-state index in [9.17, 15) is 9.59 Å². The number of anilines is 1. The number of hydrogen-bond donors (Lipinski definition) is 3. The average molecular weight is 300 g/mol. The molecule has 0 radical (unpaired) electrons. The summed E-state index contributed by atoms with van der Waals surface area (Å²) < 4.78 is 0.888. The van der Waals surface area contributed by atoms with Gasteiger partial charge in [-0.05, 0) is 30.7 Å². The summed E-state index contributed by atoms with van der Waals surface area (Å²) >= 11 is 3.34. The molecule has 1 aromatic carbocycles. The molecule has 17 heavy (non-hydrogen) atoms. The maximum absolute atomic E-state index is 11.5. The largest absolute Gasteiger partial charge is 0.346 e. The van der Waals surface area contributed by atoms with Crippen LogP contribution in [0.15, 0.2) is 22.7 Å². The lowest BCUT2D eigenvalue weighted by molar-refractivity contribution is -0.123. The summed E-state index contributed by atoms with van der Waals surface area (Å²) in [6.07, 6.45) is 0. The molecule has 2 amide bonds. The van der Waals surface area contributed by atoms with Crippen LogP contribution in [0.25, 0.3) is 0 Å². The van der Waals surface area contributed by atoms with Crippen molar-refractivity contribution in [1.29, 1.82) is 0 Å². The van der Waals surface area contributed by atoms with Gasteiger partial charge in [0.15, 0.2) is 0 Å². The van der Waals surface area contributed by atoms with Crippen LogP contribution < -0.4 is 16.4 Å². The molecule has 0 heterocycles. The maximum Gasteiger partial charge on any atom is 0.243 e. The number of carbonyl (C=O) groups is 2. The normalized spacial score (nSPS) is 9.82. The van der Waals surface area contributed by atoms with Crippen LogP contribution in [0, 0.1) is 6.92 Å². The van der Waals surface area contributed by atoms with Crippen LogP contribution in [0.2, 0.25) is 0 Å². The summed E-state index contributed by atoms with van der Waals surface area (Å²) in [6, 6.07) is 5.56. The van der Waals surface area contributed by atoms with Crippen molar-refractivity contribution in [3.8, 4) is 0 Å². The second-order valence-electron chi connectivity index (χ2n) is 3.55. The highest BCUT2D eigenvalue weighted by molar-refractivity contribution is 9.10. The minimum absolute atomic E-state index is 0.0818. The molecular formula is C11H14BrN3O2. The molecule has 0 saturated heterocycles. The number of rotatable bonds is 4. The molecule has 0 fully saturated rings. The quantitative estimate of drug-likeness (QED) is 0.768. The van der Waals surface area contributed by atoms with Crippen molar-refractivity contribution in [3.63, 3.8) is 0 Å². The van der Waals surface area contributed by atoms with E-state index in [-0.39, 0.29) is 24.9 Å². The summed E-state index contributed by atoms with van der Waals surface area (Å²) in [5, 5.41) is 5.07. The van der Waals surface area contributed by atoms with Gasteiger partial charge in [-0.2, -0.15) is 0 Å². The standard InChI is InChI=1S/C11H14BrN3O2/c1-7-2-8(12)4-9(3-7)15-11(17)6-14-10(16)5-13/h2-4H,5-6,13H2,1H3,(H,14,16)(H,15,17). The van der Waals surface area contributed by atoms with Crippen molar-refractivity contribution in [1.82, 2.24) is 5.32 Å². The van der Waals surface area contributed by atoms with Gasteiger partial charge in [-0.1, -0.05) is 15.9 Å². The Balaban J connectivity index is 2.53. The van der Waals surface area contributed by atoms with Crippen molar-refractivity contribution < 1.29 is 9.59 Å². The van der Waals surface area contributed by atoms with Gasteiger partial charge in [-0.25, -0.2) is 0 Å². The number of amides is 2. The van der Waals surface area contributed by atoms with E-state index < -0.39 is 0 Å². The zero-order valence-electron chi connectivity index (χ0n) is 9.42. The SMILES string of the molecule is Cc1cc(Br)cc(NC(=O)CNC(=O)CN)c1. The van der Waals surface area contributed by atoms with Crippen LogP contribution in [-0.4, -0.2) is 24.9 Å². The van der Waals surface area contributed by atoms with Gasteiger partial charge in [-0.3, -0.25) is 9.59 Å². The Morgan fingerprint density at radius 2 is 2.00 bits per heavy atom. The third kappa shape index (κ3) is 4.97. The van der Waals surface area contributed by atoms with Crippen LogP contribution in [0.5, 0.6) is 0 Å². The first-order valence-electron chi connectivity index (χ1n) is 5.05. The first-order chi connectivity index (χ1) is 8.01. The Labute approximate surface area is 108 Å². The van der Waals surface area contributed by atoms with E-state index in [4.69, 9.17) is 5.73 Å². The summed E-state index contributed by atoms with van der Waals surface area (Å²) in [5.74, 6) is -0.644. The summed E-state index contributed by atoms with van der Waals surface area (Å²) in [7, 11) is 0. The van der Waals surface area contributed by atoms with Gasteiger partial charge in [-0.15, -0.1) is 0 Å². The predicted molar refractivity (Wildman–Crippen MR) is 69.6 cm³/mol. The predicted octanol–water partition coefficient (Wildman–Crippen LogP) is 0.771. The second kappa shape index (κ2) is 6.36. The molecule has 0 aliphatic heterocycles. The first-order valence-corrected chi connectivity index (χ1v) is 5.84. The fraction of sp³-hybridized carbons (Fsp3) is 0.273. The Morgan fingerprint density at radius 3 is 2.59 bits per heavy atom. The third-order valence-corrected chi connectivity index (χ3v) is 2.42. The van der Waals surface area contributed by atoms with E-state index in [1.807, 2.05) is 19.1 Å². The zero-order chi connectivity index (χ0) is 12.8. The Bertz CT molecular complexity index is 414. The molecule has 1 rings (SSSR count). The molecule has 0 aliphatic carbocycles. The van der Waals surface area contributed by atoms with E-state index in [0.29, 0.717) is 5.69 Å². The van der Waals surface area contributed by atoms with Gasteiger partial charge in [0.25, 0.3) is 0 Å². The van der Waals surface area contributed by atoms with Gasteiger partial charge < -0.3 is 16.4 Å². The van der Waals surface area contributed by atoms with E-state index in [1.165, 1.54) is 0 Å². The molecule has 0 spiro atoms. The highest BCUT2D eigenvalue weighted by atomic mass is 79.9. The maximum atomic E-state index is 11.5. The molecule has 0 saturated carbocycles. The highest BCUT2D eigenvalue weighted by Crippen LogP contribution is 2.18. The van der Waals surface area contributed by atoms with Gasteiger partial charge in [0.05, 0.1) is 13.1 Å². The zero-order valence-corrected chi connectivity index (χ0v) is 11.0. The van der Waals surface area contributed by atoms with Gasteiger partial charge in [0, 0.05) is 10.2 Å². The second-order valence-corrected chi connectivity index (χ2v) is 4.46. The van der Waals surface area contributed by atoms with E-state index in [1.54, 1.807) is 6.07 Å². The van der Waals surface area contributed by atoms with Gasteiger partial charge >= 0.3 is 0 Å². The summed E-state index contributed by atoms with van der Waals surface area (Å²) in [5.41, 5.74) is 6.81. The number of hydrogen-bond acceptors (Lipinski definition) is 3. The Morgan fingerprint density at radius 1 is 1.29 bits per heavy atom. The minimum Gasteiger partial charge on any atom is -0.346 e. The minimum atomic E-state index is -0.356. The molecular weight excluding hydrogens is 286 g/mol. The van der Waals surface area contributed by atoms with Gasteiger partial charge in [0.2, 0.25) is 11.8 Å². The van der Waals surface area contributed by atoms with Crippen LogP contribution in [-0.2, 0) is 9.59 Å². The first kappa shape index (κ1) is 13.7. The van der Waals surface area contributed by atoms with Crippen LogP contribution >= 0.6 is 15.9 Å². The van der Waals surface area contributed by atoms with Gasteiger partial charge in [0.1, 0.15) is 0 Å².